The van der Waals surface area contributed by atoms with Crippen LogP contribution < -0.4 is 10.6 Å². The Morgan fingerprint density at radius 1 is 1.15 bits per heavy atom. The molecule has 1 fully saturated rings. The Kier molecular flexibility index (Phi) is 6.09. The monoisotopic (exact) mass is 424 g/mol. The molecule has 1 atom stereocenters. The summed E-state index contributed by atoms with van der Waals surface area (Å²) in [5, 5.41) is 6.32. The number of aromatic nitrogens is 1. The zero-order valence-corrected chi connectivity index (χ0v) is 16.1. The first-order valence-electron chi connectivity index (χ1n) is 7.69. The molecule has 0 saturated carbocycles. The first-order valence-corrected chi connectivity index (χ1v) is 9.83. The van der Waals surface area contributed by atoms with Crippen LogP contribution in [0.5, 0.6) is 0 Å². The molecule has 2 aromatic rings. The smallest absolute Gasteiger partial charge is 0.289 e. The maximum atomic E-state index is 12.4. The highest BCUT2D eigenvalue weighted by Crippen LogP contribution is 2.29. The molecule has 2 N–H and O–H groups in total. The van der Waals surface area contributed by atoms with E-state index in [1.54, 1.807) is 29.6 Å². The molecule has 1 saturated heterocycles. The fraction of sp³-hybridized carbons (Fsp3) is 0.188. The number of benzene rings is 1. The van der Waals surface area contributed by atoms with Gasteiger partial charge in [0.1, 0.15) is 11.8 Å². The molecular weight excluding hydrogens is 412 g/mol. The zero-order valence-electron chi connectivity index (χ0n) is 13.7. The number of amides is 4. The van der Waals surface area contributed by atoms with Gasteiger partial charge in [-0.25, -0.2) is 4.98 Å². The van der Waals surface area contributed by atoms with Crippen LogP contribution in [0.2, 0.25) is 5.02 Å². The average molecular weight is 425 g/mol. The van der Waals surface area contributed by atoms with E-state index in [0.717, 1.165) is 16.7 Å². The summed E-state index contributed by atoms with van der Waals surface area (Å²) < 4.78 is 0. The van der Waals surface area contributed by atoms with Crippen LogP contribution in [0.25, 0.3) is 0 Å². The van der Waals surface area contributed by atoms with Crippen LogP contribution in [0, 0.1) is 0 Å². The third kappa shape index (κ3) is 5.06. The summed E-state index contributed by atoms with van der Waals surface area (Å²) in [7, 11) is 0. The molecule has 0 bridgehead atoms. The molecule has 0 aliphatic carbocycles. The molecule has 27 heavy (non-hydrogen) atoms. The number of hydrogen-bond acceptors (Lipinski definition) is 7. The number of carbonyl (C=O) groups is 4. The fourth-order valence-electron chi connectivity index (χ4n) is 2.27. The van der Waals surface area contributed by atoms with Crippen molar-refractivity contribution in [2.75, 3.05) is 17.2 Å². The SMILES string of the molecule is O=C(CC1SC(=O)N(CC(=O)Nc2nccs2)C1=O)Nc1ccc(Cl)cc1. The molecule has 1 aliphatic rings. The largest absolute Gasteiger partial charge is 0.326 e. The fourth-order valence-corrected chi connectivity index (χ4v) is 3.93. The van der Waals surface area contributed by atoms with Crippen LogP contribution in [0.4, 0.5) is 15.6 Å². The van der Waals surface area contributed by atoms with E-state index < -0.39 is 34.8 Å². The predicted octanol–water partition coefficient (Wildman–Crippen LogP) is 2.83. The Labute approximate surface area is 167 Å². The van der Waals surface area contributed by atoms with Crippen molar-refractivity contribution in [2.45, 2.75) is 11.7 Å². The highest BCUT2D eigenvalue weighted by Gasteiger charge is 2.41. The van der Waals surface area contributed by atoms with Crippen molar-refractivity contribution in [3.8, 4) is 0 Å². The Morgan fingerprint density at radius 3 is 2.56 bits per heavy atom. The van der Waals surface area contributed by atoms with Crippen molar-refractivity contribution >= 4 is 68.5 Å². The molecule has 4 amide bonds. The van der Waals surface area contributed by atoms with Gasteiger partial charge in [0.15, 0.2) is 5.13 Å². The summed E-state index contributed by atoms with van der Waals surface area (Å²) in [4.78, 5) is 53.2. The molecule has 3 rings (SSSR count). The Hall–Kier alpha value is -2.43. The van der Waals surface area contributed by atoms with E-state index in [1.165, 1.54) is 17.5 Å². The second-order valence-corrected chi connectivity index (χ2v) is 7.93. The molecule has 11 heteroatoms. The first-order chi connectivity index (χ1) is 12.9. The van der Waals surface area contributed by atoms with Gasteiger partial charge >= 0.3 is 0 Å². The van der Waals surface area contributed by atoms with Crippen LogP contribution in [-0.2, 0) is 14.4 Å². The van der Waals surface area contributed by atoms with Crippen LogP contribution in [0.3, 0.4) is 0 Å². The molecule has 0 radical (unpaired) electrons. The minimum atomic E-state index is -0.863. The summed E-state index contributed by atoms with van der Waals surface area (Å²) >= 11 is 7.74. The van der Waals surface area contributed by atoms with Gasteiger partial charge in [0, 0.05) is 28.7 Å². The normalized spacial score (nSPS) is 16.5. The van der Waals surface area contributed by atoms with Crippen LogP contribution in [0.15, 0.2) is 35.8 Å². The van der Waals surface area contributed by atoms with Gasteiger partial charge in [-0.3, -0.25) is 24.1 Å². The Balaban J connectivity index is 1.54. The highest BCUT2D eigenvalue weighted by molar-refractivity contribution is 8.15. The molecule has 0 spiro atoms. The third-order valence-electron chi connectivity index (χ3n) is 3.48. The summed E-state index contributed by atoms with van der Waals surface area (Å²) in [6, 6.07) is 6.51. The van der Waals surface area contributed by atoms with Crippen molar-refractivity contribution in [1.29, 1.82) is 0 Å². The molecule has 2 heterocycles. The van der Waals surface area contributed by atoms with Crippen molar-refractivity contribution in [1.82, 2.24) is 9.88 Å². The van der Waals surface area contributed by atoms with E-state index in [9.17, 15) is 19.2 Å². The van der Waals surface area contributed by atoms with E-state index in [0.29, 0.717) is 15.8 Å². The summed E-state index contributed by atoms with van der Waals surface area (Å²) in [5.41, 5.74) is 0.533. The quantitative estimate of drug-likeness (QED) is 0.738. The molecule has 1 unspecified atom stereocenters. The van der Waals surface area contributed by atoms with E-state index >= 15 is 0 Å². The molecule has 1 aromatic carbocycles. The van der Waals surface area contributed by atoms with Crippen molar-refractivity contribution in [3.05, 3.63) is 40.9 Å². The maximum Gasteiger partial charge on any atom is 0.289 e. The lowest BCUT2D eigenvalue weighted by Crippen LogP contribution is -2.38. The van der Waals surface area contributed by atoms with Gasteiger partial charge in [0.25, 0.3) is 5.24 Å². The second kappa shape index (κ2) is 8.51. The number of thioether (sulfide) groups is 1. The van der Waals surface area contributed by atoms with Crippen LogP contribution in [-0.4, -0.2) is 44.6 Å². The third-order valence-corrected chi connectivity index (χ3v) is 5.50. The lowest BCUT2D eigenvalue weighted by atomic mass is 10.2. The maximum absolute atomic E-state index is 12.4. The van der Waals surface area contributed by atoms with E-state index in [-0.39, 0.29) is 6.42 Å². The van der Waals surface area contributed by atoms with Crippen molar-refractivity contribution in [3.63, 3.8) is 0 Å². The molecular formula is C16H13ClN4O4S2. The number of nitrogens with zero attached hydrogens (tertiary/aromatic N) is 2. The van der Waals surface area contributed by atoms with Crippen LogP contribution in [0.1, 0.15) is 6.42 Å². The molecule has 1 aromatic heterocycles. The molecule has 8 nitrogen and oxygen atoms in total. The minimum Gasteiger partial charge on any atom is -0.326 e. The average Bonchev–Trinajstić information content (AvgIpc) is 3.21. The minimum absolute atomic E-state index is 0.178. The number of rotatable bonds is 6. The molecule has 140 valence electrons. The second-order valence-electron chi connectivity index (χ2n) is 5.44. The zero-order chi connectivity index (χ0) is 19.4. The lowest BCUT2D eigenvalue weighted by Gasteiger charge is -2.13. The van der Waals surface area contributed by atoms with Gasteiger partial charge in [0.2, 0.25) is 17.7 Å². The first kappa shape index (κ1) is 19.3. The summed E-state index contributed by atoms with van der Waals surface area (Å²) in [6.45, 7) is -0.417. The van der Waals surface area contributed by atoms with Gasteiger partial charge < -0.3 is 10.6 Å². The van der Waals surface area contributed by atoms with E-state index in [2.05, 4.69) is 15.6 Å². The van der Waals surface area contributed by atoms with E-state index in [1.807, 2.05) is 0 Å². The van der Waals surface area contributed by atoms with Crippen molar-refractivity contribution < 1.29 is 19.2 Å². The number of halogens is 1. The summed E-state index contributed by atoms with van der Waals surface area (Å²) in [5.74, 6) is -1.51. The van der Waals surface area contributed by atoms with E-state index in [4.69, 9.17) is 11.6 Å². The predicted molar refractivity (Wildman–Crippen MR) is 104 cm³/mol. The van der Waals surface area contributed by atoms with Crippen LogP contribution >= 0.6 is 34.7 Å². The number of anilines is 2. The highest BCUT2D eigenvalue weighted by atomic mass is 35.5. The lowest BCUT2D eigenvalue weighted by molar-refractivity contribution is -0.131. The Bertz CT molecular complexity index is 873. The number of hydrogen-bond donors (Lipinski definition) is 2. The number of nitrogens with one attached hydrogen (secondary N) is 2. The number of carbonyl (C=O) groups excluding carboxylic acids is 4. The van der Waals surface area contributed by atoms with Gasteiger partial charge in [-0.05, 0) is 24.3 Å². The van der Waals surface area contributed by atoms with Gasteiger partial charge in [-0.1, -0.05) is 23.4 Å². The van der Waals surface area contributed by atoms with Crippen molar-refractivity contribution in [2.24, 2.45) is 0 Å². The van der Waals surface area contributed by atoms with Gasteiger partial charge in [-0.2, -0.15) is 0 Å². The standard InChI is InChI=1S/C16H13ClN4O4S2/c17-9-1-3-10(4-2-9)19-12(22)7-11-14(24)21(16(25)27-11)8-13(23)20-15-18-5-6-26-15/h1-6,11H,7-8H2,(H,19,22)(H,18,20,23). The number of imide groups is 1. The molecule has 1 aliphatic heterocycles. The van der Waals surface area contributed by atoms with Gasteiger partial charge in [0.05, 0.1) is 0 Å². The number of thiazole rings is 1. The Morgan fingerprint density at radius 2 is 1.89 bits per heavy atom. The van der Waals surface area contributed by atoms with Gasteiger partial charge in [-0.15, -0.1) is 11.3 Å². The summed E-state index contributed by atoms with van der Waals surface area (Å²) in [6.07, 6.45) is 1.35. The topological polar surface area (TPSA) is 108 Å².